The first-order chi connectivity index (χ1) is 6.38. The van der Waals surface area contributed by atoms with Gasteiger partial charge in [0.1, 0.15) is 0 Å². The van der Waals surface area contributed by atoms with E-state index >= 15 is 0 Å². The smallest absolute Gasteiger partial charge is 0.158 e. The van der Waals surface area contributed by atoms with Crippen LogP contribution in [0.4, 0.5) is 0 Å². The number of hydrogen-bond donors (Lipinski definition) is 0. The fourth-order valence-corrected chi connectivity index (χ4v) is 2.55. The SMILES string of the molecule is O=C1CCCC1=C1CCCCCC1. The van der Waals surface area contributed by atoms with Crippen LogP contribution < -0.4 is 0 Å². The second-order valence-corrected chi connectivity index (χ2v) is 4.27. The standard InChI is InChI=1S/C12H18O/c13-12-9-5-8-11(12)10-6-3-1-2-4-7-10/h1-9H2. The summed E-state index contributed by atoms with van der Waals surface area (Å²) in [6, 6.07) is 0. The van der Waals surface area contributed by atoms with Crippen molar-refractivity contribution in [3.8, 4) is 0 Å². The fraction of sp³-hybridized carbons (Fsp3) is 0.750. The zero-order chi connectivity index (χ0) is 9.10. The molecule has 0 radical (unpaired) electrons. The minimum atomic E-state index is 0.455. The lowest BCUT2D eigenvalue weighted by atomic mass is 9.99. The summed E-state index contributed by atoms with van der Waals surface area (Å²) in [4.78, 5) is 11.5. The van der Waals surface area contributed by atoms with Crippen molar-refractivity contribution in [2.75, 3.05) is 0 Å². The van der Waals surface area contributed by atoms with E-state index in [1.165, 1.54) is 49.7 Å². The Bertz CT molecular complexity index is 228. The maximum absolute atomic E-state index is 11.5. The Kier molecular flexibility index (Phi) is 2.82. The number of rotatable bonds is 0. The first-order valence-electron chi connectivity index (χ1n) is 5.62. The number of carbonyl (C=O) groups is 1. The van der Waals surface area contributed by atoms with E-state index in [-0.39, 0.29) is 0 Å². The summed E-state index contributed by atoms with van der Waals surface area (Å²) < 4.78 is 0. The number of allylic oxidation sites excluding steroid dienone is 2. The van der Waals surface area contributed by atoms with Crippen LogP contribution in [0.2, 0.25) is 0 Å². The van der Waals surface area contributed by atoms with E-state index in [4.69, 9.17) is 0 Å². The average Bonchev–Trinajstić information content (AvgIpc) is 2.43. The Balaban J connectivity index is 2.14. The van der Waals surface area contributed by atoms with E-state index in [0.29, 0.717) is 5.78 Å². The third-order valence-corrected chi connectivity index (χ3v) is 3.30. The highest BCUT2D eigenvalue weighted by Crippen LogP contribution is 2.31. The Morgan fingerprint density at radius 1 is 0.692 bits per heavy atom. The van der Waals surface area contributed by atoms with Crippen LogP contribution in [0.3, 0.4) is 0 Å². The molecule has 0 heterocycles. The number of carbonyl (C=O) groups excluding carboxylic acids is 1. The van der Waals surface area contributed by atoms with Gasteiger partial charge in [0.05, 0.1) is 0 Å². The van der Waals surface area contributed by atoms with Gasteiger partial charge in [0.25, 0.3) is 0 Å². The van der Waals surface area contributed by atoms with Gasteiger partial charge in [-0.05, 0) is 44.1 Å². The van der Waals surface area contributed by atoms with Crippen LogP contribution in [0, 0.1) is 0 Å². The summed E-state index contributed by atoms with van der Waals surface area (Å²) >= 11 is 0. The maximum Gasteiger partial charge on any atom is 0.158 e. The summed E-state index contributed by atoms with van der Waals surface area (Å²) in [5.41, 5.74) is 2.74. The van der Waals surface area contributed by atoms with Crippen molar-refractivity contribution in [2.24, 2.45) is 0 Å². The predicted molar refractivity (Wildman–Crippen MR) is 53.6 cm³/mol. The van der Waals surface area contributed by atoms with Crippen molar-refractivity contribution in [2.45, 2.75) is 57.8 Å². The van der Waals surface area contributed by atoms with E-state index in [2.05, 4.69) is 0 Å². The summed E-state index contributed by atoms with van der Waals surface area (Å²) in [7, 11) is 0. The Hall–Kier alpha value is -0.590. The Labute approximate surface area is 80.2 Å². The van der Waals surface area contributed by atoms with Crippen LogP contribution in [0.15, 0.2) is 11.1 Å². The molecule has 0 bridgehead atoms. The normalized spacial score (nSPS) is 25.1. The van der Waals surface area contributed by atoms with Gasteiger partial charge in [0, 0.05) is 6.42 Å². The van der Waals surface area contributed by atoms with Crippen molar-refractivity contribution in [3.05, 3.63) is 11.1 Å². The molecule has 0 saturated heterocycles. The van der Waals surface area contributed by atoms with E-state index < -0.39 is 0 Å². The Morgan fingerprint density at radius 2 is 1.38 bits per heavy atom. The van der Waals surface area contributed by atoms with E-state index in [1.54, 1.807) is 0 Å². The molecule has 0 aliphatic heterocycles. The minimum Gasteiger partial charge on any atom is -0.295 e. The second-order valence-electron chi connectivity index (χ2n) is 4.27. The van der Waals surface area contributed by atoms with Gasteiger partial charge in [-0.1, -0.05) is 18.4 Å². The minimum absolute atomic E-state index is 0.455. The zero-order valence-electron chi connectivity index (χ0n) is 8.27. The van der Waals surface area contributed by atoms with Crippen LogP contribution in [-0.4, -0.2) is 5.78 Å². The molecule has 0 unspecified atom stereocenters. The average molecular weight is 178 g/mol. The highest BCUT2D eigenvalue weighted by atomic mass is 16.1. The van der Waals surface area contributed by atoms with Gasteiger partial charge in [0.2, 0.25) is 0 Å². The second kappa shape index (κ2) is 4.08. The molecule has 2 aliphatic rings. The third-order valence-electron chi connectivity index (χ3n) is 3.30. The molecule has 0 spiro atoms. The monoisotopic (exact) mass is 178 g/mol. The van der Waals surface area contributed by atoms with Gasteiger partial charge in [-0.15, -0.1) is 0 Å². The molecule has 2 rings (SSSR count). The lowest BCUT2D eigenvalue weighted by molar-refractivity contribution is -0.114. The highest BCUT2D eigenvalue weighted by molar-refractivity contribution is 5.98. The van der Waals surface area contributed by atoms with Crippen LogP contribution in [0.25, 0.3) is 0 Å². The first-order valence-corrected chi connectivity index (χ1v) is 5.62. The maximum atomic E-state index is 11.5. The van der Waals surface area contributed by atoms with Gasteiger partial charge in [-0.3, -0.25) is 4.79 Å². The van der Waals surface area contributed by atoms with E-state index in [1.807, 2.05) is 0 Å². The lowest BCUT2D eigenvalue weighted by Gasteiger charge is -2.06. The lowest BCUT2D eigenvalue weighted by Crippen LogP contribution is -1.97. The zero-order valence-corrected chi connectivity index (χ0v) is 8.27. The molecular formula is C12H18O. The van der Waals surface area contributed by atoms with Gasteiger partial charge >= 0.3 is 0 Å². The molecule has 1 heteroatoms. The summed E-state index contributed by atoms with van der Waals surface area (Å²) in [5, 5.41) is 0. The highest BCUT2D eigenvalue weighted by Gasteiger charge is 2.21. The van der Waals surface area contributed by atoms with Crippen molar-refractivity contribution in [3.63, 3.8) is 0 Å². The third kappa shape index (κ3) is 2.01. The number of ketones is 1. The van der Waals surface area contributed by atoms with Crippen LogP contribution in [-0.2, 0) is 4.79 Å². The quantitative estimate of drug-likeness (QED) is 0.410. The number of hydrogen-bond acceptors (Lipinski definition) is 1. The molecular weight excluding hydrogens is 160 g/mol. The van der Waals surface area contributed by atoms with Crippen LogP contribution in [0.5, 0.6) is 0 Å². The fourth-order valence-electron chi connectivity index (χ4n) is 2.55. The van der Waals surface area contributed by atoms with Crippen molar-refractivity contribution < 1.29 is 4.79 Å². The topological polar surface area (TPSA) is 17.1 Å². The van der Waals surface area contributed by atoms with Gasteiger partial charge in [0.15, 0.2) is 5.78 Å². The summed E-state index contributed by atoms with van der Waals surface area (Å²) in [6.07, 6.45) is 10.8. The molecule has 72 valence electrons. The first kappa shape index (κ1) is 8.98. The van der Waals surface area contributed by atoms with Gasteiger partial charge in [-0.25, -0.2) is 0 Å². The van der Waals surface area contributed by atoms with Crippen molar-refractivity contribution in [1.82, 2.24) is 0 Å². The molecule has 2 aliphatic carbocycles. The van der Waals surface area contributed by atoms with Crippen molar-refractivity contribution >= 4 is 5.78 Å². The number of Topliss-reactive ketones (excluding diaryl/α,β-unsaturated/α-hetero) is 1. The predicted octanol–water partition coefficient (Wildman–Crippen LogP) is 3.39. The molecule has 13 heavy (non-hydrogen) atoms. The molecule has 2 fully saturated rings. The summed E-state index contributed by atoms with van der Waals surface area (Å²) in [6.45, 7) is 0. The molecule has 0 amide bonds. The van der Waals surface area contributed by atoms with Crippen LogP contribution >= 0.6 is 0 Å². The molecule has 0 aromatic heterocycles. The molecule has 1 nitrogen and oxygen atoms in total. The Morgan fingerprint density at radius 3 is 1.92 bits per heavy atom. The molecule has 0 aromatic carbocycles. The van der Waals surface area contributed by atoms with Gasteiger partial charge in [-0.2, -0.15) is 0 Å². The van der Waals surface area contributed by atoms with Gasteiger partial charge < -0.3 is 0 Å². The molecule has 0 atom stereocenters. The van der Waals surface area contributed by atoms with E-state index in [9.17, 15) is 4.79 Å². The largest absolute Gasteiger partial charge is 0.295 e. The van der Waals surface area contributed by atoms with Crippen molar-refractivity contribution in [1.29, 1.82) is 0 Å². The summed E-state index contributed by atoms with van der Waals surface area (Å²) in [5.74, 6) is 0.455. The van der Waals surface area contributed by atoms with E-state index in [0.717, 1.165) is 19.3 Å². The van der Waals surface area contributed by atoms with Crippen LogP contribution in [0.1, 0.15) is 57.8 Å². The molecule has 0 N–H and O–H groups in total. The molecule has 2 saturated carbocycles. The molecule has 0 aromatic rings.